The Morgan fingerprint density at radius 3 is 2.83 bits per heavy atom. The van der Waals surface area contributed by atoms with E-state index in [4.69, 9.17) is 11.6 Å². The van der Waals surface area contributed by atoms with Crippen LogP contribution in [0.15, 0.2) is 36.5 Å². The lowest BCUT2D eigenvalue weighted by molar-refractivity contribution is -0.144. The summed E-state index contributed by atoms with van der Waals surface area (Å²) in [5.74, 6) is -1.63. The maximum absolute atomic E-state index is 12.7. The number of hydrogen-bond acceptors (Lipinski definition) is 3. The quantitative estimate of drug-likeness (QED) is 0.926. The van der Waals surface area contributed by atoms with Crippen molar-refractivity contribution in [1.82, 2.24) is 14.7 Å². The van der Waals surface area contributed by atoms with E-state index in [2.05, 4.69) is 5.10 Å². The van der Waals surface area contributed by atoms with Crippen LogP contribution in [-0.2, 0) is 4.79 Å². The van der Waals surface area contributed by atoms with Crippen molar-refractivity contribution in [2.45, 2.75) is 25.8 Å². The second kappa shape index (κ2) is 6.65. The molecule has 126 valence electrons. The molecule has 1 saturated heterocycles. The lowest BCUT2D eigenvalue weighted by atomic mass is 9.90. The number of carboxylic acid groups (broad SMARTS) is 1. The number of benzene rings is 1. The molecule has 2 atom stereocenters. The highest BCUT2D eigenvalue weighted by Crippen LogP contribution is 2.25. The van der Waals surface area contributed by atoms with Gasteiger partial charge >= 0.3 is 5.97 Å². The summed E-state index contributed by atoms with van der Waals surface area (Å²) < 4.78 is 1.59. The van der Waals surface area contributed by atoms with E-state index in [0.29, 0.717) is 30.1 Å². The highest BCUT2D eigenvalue weighted by atomic mass is 35.5. The summed E-state index contributed by atoms with van der Waals surface area (Å²) in [6.07, 6.45) is 2.97. The monoisotopic (exact) mass is 347 g/mol. The number of piperidine rings is 1. The van der Waals surface area contributed by atoms with Crippen molar-refractivity contribution in [3.63, 3.8) is 0 Å². The van der Waals surface area contributed by atoms with E-state index in [1.807, 2.05) is 12.1 Å². The third kappa shape index (κ3) is 3.14. The zero-order chi connectivity index (χ0) is 17.3. The van der Waals surface area contributed by atoms with Crippen LogP contribution in [0.5, 0.6) is 0 Å². The zero-order valence-corrected chi connectivity index (χ0v) is 14.0. The average Bonchev–Trinajstić information content (AvgIpc) is 3.04. The molecular formula is C17H18ClN3O3. The summed E-state index contributed by atoms with van der Waals surface area (Å²) in [7, 11) is 0. The van der Waals surface area contributed by atoms with Crippen molar-refractivity contribution < 1.29 is 14.7 Å². The zero-order valence-electron chi connectivity index (χ0n) is 13.2. The first-order chi connectivity index (χ1) is 11.5. The third-order valence-corrected chi connectivity index (χ3v) is 4.68. The first-order valence-corrected chi connectivity index (χ1v) is 8.20. The molecule has 1 aromatic heterocycles. The fourth-order valence-corrected chi connectivity index (χ4v) is 3.29. The highest BCUT2D eigenvalue weighted by Gasteiger charge is 2.36. The lowest BCUT2D eigenvalue weighted by Gasteiger charge is -2.37. The van der Waals surface area contributed by atoms with Gasteiger partial charge in [-0.2, -0.15) is 5.10 Å². The fourth-order valence-electron chi connectivity index (χ4n) is 3.11. The summed E-state index contributed by atoms with van der Waals surface area (Å²) in [5, 5.41) is 14.2. The number of carbonyl (C=O) groups is 2. The van der Waals surface area contributed by atoms with Gasteiger partial charge in [0.25, 0.3) is 5.91 Å². The first-order valence-electron chi connectivity index (χ1n) is 7.83. The van der Waals surface area contributed by atoms with E-state index >= 15 is 0 Å². The molecule has 2 heterocycles. The van der Waals surface area contributed by atoms with Gasteiger partial charge in [0.15, 0.2) is 5.69 Å². The van der Waals surface area contributed by atoms with Crippen molar-refractivity contribution in [2.24, 2.45) is 5.92 Å². The van der Waals surface area contributed by atoms with E-state index in [1.165, 1.54) is 0 Å². The van der Waals surface area contributed by atoms with Crippen LogP contribution in [0.2, 0.25) is 5.02 Å². The van der Waals surface area contributed by atoms with Gasteiger partial charge in [0.1, 0.15) is 0 Å². The molecule has 24 heavy (non-hydrogen) atoms. The molecule has 0 spiro atoms. The predicted molar refractivity (Wildman–Crippen MR) is 89.4 cm³/mol. The van der Waals surface area contributed by atoms with Crippen LogP contribution in [0.1, 0.15) is 30.3 Å². The van der Waals surface area contributed by atoms with Crippen LogP contribution in [0.3, 0.4) is 0 Å². The summed E-state index contributed by atoms with van der Waals surface area (Å²) in [5.41, 5.74) is 1.06. The van der Waals surface area contributed by atoms with E-state index in [0.717, 1.165) is 5.69 Å². The molecule has 0 unspecified atom stereocenters. The number of carboxylic acids is 1. The first kappa shape index (κ1) is 16.5. The topological polar surface area (TPSA) is 75.4 Å². The molecule has 0 radical (unpaired) electrons. The molecule has 1 aliphatic rings. The summed E-state index contributed by atoms with van der Waals surface area (Å²) in [6.45, 7) is 2.33. The Morgan fingerprint density at radius 1 is 1.33 bits per heavy atom. The van der Waals surface area contributed by atoms with Crippen LogP contribution in [0, 0.1) is 5.92 Å². The molecule has 1 N–H and O–H groups in total. The van der Waals surface area contributed by atoms with Crippen LogP contribution in [-0.4, -0.2) is 44.3 Å². The normalized spacial score (nSPS) is 20.8. The molecule has 7 heteroatoms. The van der Waals surface area contributed by atoms with Gasteiger partial charge in [-0.05, 0) is 44.0 Å². The molecule has 0 saturated carbocycles. The molecule has 2 aromatic rings. The van der Waals surface area contributed by atoms with Crippen molar-refractivity contribution in [1.29, 1.82) is 0 Å². The van der Waals surface area contributed by atoms with Gasteiger partial charge in [-0.1, -0.05) is 17.7 Å². The number of aliphatic carboxylic acids is 1. The van der Waals surface area contributed by atoms with Crippen molar-refractivity contribution >= 4 is 23.5 Å². The maximum atomic E-state index is 12.7. The van der Waals surface area contributed by atoms with Gasteiger partial charge in [-0.3, -0.25) is 9.59 Å². The minimum atomic E-state index is -0.857. The van der Waals surface area contributed by atoms with Crippen molar-refractivity contribution in [3.8, 4) is 5.69 Å². The number of carbonyl (C=O) groups excluding carboxylic acids is 1. The number of nitrogens with zero attached hydrogens (tertiary/aromatic N) is 3. The van der Waals surface area contributed by atoms with Crippen molar-refractivity contribution in [2.75, 3.05) is 6.54 Å². The molecule has 1 aromatic carbocycles. The third-order valence-electron chi connectivity index (χ3n) is 4.45. The standard InChI is InChI=1S/C17H18ClN3O3/c1-11-14(17(23)24)6-3-8-20(11)16(22)15-7-9-21(19-15)13-5-2-4-12(18)10-13/h2,4-5,7,9-11,14H,3,6,8H2,1H3,(H,23,24)/t11-,14-/m1/s1. The van der Waals surface area contributed by atoms with E-state index in [-0.39, 0.29) is 11.9 Å². The Bertz CT molecular complexity index is 774. The molecule has 1 aliphatic heterocycles. The minimum Gasteiger partial charge on any atom is -0.481 e. The fraction of sp³-hybridized carbons (Fsp3) is 0.353. The average molecular weight is 348 g/mol. The van der Waals surface area contributed by atoms with Gasteiger partial charge in [0, 0.05) is 23.8 Å². The summed E-state index contributed by atoms with van der Waals surface area (Å²) in [4.78, 5) is 25.6. The van der Waals surface area contributed by atoms with Crippen LogP contribution >= 0.6 is 11.6 Å². The molecule has 1 fully saturated rings. The lowest BCUT2D eigenvalue weighted by Crippen LogP contribution is -2.49. The summed E-state index contributed by atoms with van der Waals surface area (Å²) >= 11 is 5.98. The second-order valence-corrected chi connectivity index (χ2v) is 6.39. The smallest absolute Gasteiger partial charge is 0.308 e. The Balaban J connectivity index is 1.82. The molecule has 3 rings (SSSR count). The SMILES string of the molecule is C[C@@H]1[C@H](C(=O)O)CCCN1C(=O)c1ccn(-c2cccc(Cl)c2)n1. The van der Waals surface area contributed by atoms with Crippen molar-refractivity contribution in [3.05, 3.63) is 47.2 Å². The molecule has 6 nitrogen and oxygen atoms in total. The van der Waals surface area contributed by atoms with Gasteiger partial charge in [0.05, 0.1) is 11.6 Å². The van der Waals surface area contributed by atoms with Gasteiger partial charge in [0.2, 0.25) is 0 Å². The van der Waals surface area contributed by atoms with E-state index < -0.39 is 11.9 Å². The summed E-state index contributed by atoms with van der Waals surface area (Å²) in [6, 6.07) is 8.47. The molecule has 0 aliphatic carbocycles. The predicted octanol–water partition coefficient (Wildman–Crippen LogP) is 2.85. The van der Waals surface area contributed by atoms with Gasteiger partial charge in [-0.25, -0.2) is 4.68 Å². The molecule has 1 amide bonds. The Hall–Kier alpha value is -2.34. The number of amides is 1. The van der Waals surface area contributed by atoms with Crippen LogP contribution < -0.4 is 0 Å². The van der Waals surface area contributed by atoms with Gasteiger partial charge in [-0.15, -0.1) is 0 Å². The van der Waals surface area contributed by atoms with Gasteiger partial charge < -0.3 is 10.0 Å². The minimum absolute atomic E-state index is 0.241. The number of aromatic nitrogens is 2. The number of likely N-dealkylation sites (tertiary alicyclic amines) is 1. The number of hydrogen-bond donors (Lipinski definition) is 1. The maximum Gasteiger partial charge on any atom is 0.308 e. The number of halogens is 1. The van der Waals surface area contributed by atoms with Crippen LogP contribution in [0.25, 0.3) is 5.69 Å². The van der Waals surface area contributed by atoms with Crippen LogP contribution in [0.4, 0.5) is 0 Å². The van der Waals surface area contributed by atoms with E-state index in [9.17, 15) is 14.7 Å². The Kier molecular flexibility index (Phi) is 4.57. The van der Waals surface area contributed by atoms with E-state index in [1.54, 1.807) is 40.9 Å². The molecule has 0 bridgehead atoms. The Morgan fingerprint density at radius 2 is 2.12 bits per heavy atom. The molecular weight excluding hydrogens is 330 g/mol. The number of rotatable bonds is 3. The Labute approximate surface area is 144 Å². The second-order valence-electron chi connectivity index (χ2n) is 5.95. The highest BCUT2D eigenvalue weighted by molar-refractivity contribution is 6.30. The largest absolute Gasteiger partial charge is 0.481 e.